The third-order valence-corrected chi connectivity index (χ3v) is 2.51. The first-order valence-corrected chi connectivity index (χ1v) is 4.81. The summed E-state index contributed by atoms with van der Waals surface area (Å²) in [4.78, 5) is 11.3. The van der Waals surface area contributed by atoms with E-state index in [0.717, 1.165) is 13.0 Å². The summed E-state index contributed by atoms with van der Waals surface area (Å²) in [7, 11) is 0. The number of H-pyrrole nitrogens is 2. The third-order valence-electron chi connectivity index (χ3n) is 2.19. The molecule has 0 spiro atoms. The molecule has 2 heterocycles. The van der Waals surface area contributed by atoms with Crippen molar-refractivity contribution in [3.8, 4) is 0 Å². The fourth-order valence-corrected chi connectivity index (χ4v) is 1.59. The van der Waals surface area contributed by atoms with Gasteiger partial charge in [0, 0.05) is 0 Å². The van der Waals surface area contributed by atoms with Gasteiger partial charge < -0.3 is 4.74 Å². The monoisotopic (exact) mass is 213 g/mol. The molecule has 6 heteroatoms. The highest BCUT2D eigenvalue weighted by Gasteiger charge is 2.07. The maximum absolute atomic E-state index is 11.3. The second-order valence-corrected chi connectivity index (χ2v) is 3.52. The van der Waals surface area contributed by atoms with Gasteiger partial charge in [-0.1, -0.05) is 6.08 Å². The number of rotatable bonds is 2. The molecular weight excluding hydrogens is 202 g/mol. The van der Waals surface area contributed by atoms with E-state index in [4.69, 9.17) is 17.0 Å². The Balaban J connectivity index is 2.22. The summed E-state index contributed by atoms with van der Waals surface area (Å²) in [6.07, 6.45) is 2.87. The quantitative estimate of drug-likeness (QED) is 0.558. The fourth-order valence-electron chi connectivity index (χ4n) is 1.39. The van der Waals surface area contributed by atoms with Crippen LogP contribution in [0.15, 0.2) is 16.4 Å². The van der Waals surface area contributed by atoms with E-state index >= 15 is 0 Å². The number of ether oxygens (including phenoxy) is 1. The summed E-state index contributed by atoms with van der Waals surface area (Å²) < 4.78 is 7.11. The van der Waals surface area contributed by atoms with Crippen molar-refractivity contribution in [2.24, 2.45) is 0 Å². The Kier molecular flexibility index (Phi) is 2.64. The highest BCUT2D eigenvalue weighted by Crippen LogP contribution is 2.09. The molecule has 0 unspecified atom stereocenters. The van der Waals surface area contributed by atoms with Gasteiger partial charge >= 0.3 is 5.69 Å². The van der Waals surface area contributed by atoms with Gasteiger partial charge in [-0.05, 0) is 24.2 Å². The van der Waals surface area contributed by atoms with Crippen molar-refractivity contribution in [3.05, 3.63) is 26.9 Å². The predicted octanol–water partition coefficient (Wildman–Crippen LogP) is 0.581. The lowest BCUT2D eigenvalue weighted by Gasteiger charge is -2.12. The van der Waals surface area contributed by atoms with Crippen molar-refractivity contribution < 1.29 is 4.74 Å². The SMILES string of the molecule is O=c1[nH][nH]c(=S)n1CC1=CCOCC1. The molecule has 0 bridgehead atoms. The molecule has 1 aliphatic heterocycles. The van der Waals surface area contributed by atoms with E-state index < -0.39 is 0 Å². The number of aromatic nitrogens is 3. The van der Waals surface area contributed by atoms with Gasteiger partial charge in [0.05, 0.1) is 19.8 Å². The van der Waals surface area contributed by atoms with Crippen LogP contribution in [-0.4, -0.2) is 28.0 Å². The minimum atomic E-state index is -0.192. The number of aromatic amines is 2. The fraction of sp³-hybridized carbons (Fsp3) is 0.500. The van der Waals surface area contributed by atoms with Crippen molar-refractivity contribution in [1.82, 2.24) is 14.8 Å². The van der Waals surface area contributed by atoms with Crippen molar-refractivity contribution in [3.63, 3.8) is 0 Å². The zero-order chi connectivity index (χ0) is 9.97. The van der Waals surface area contributed by atoms with Crippen molar-refractivity contribution >= 4 is 12.2 Å². The topological polar surface area (TPSA) is 62.8 Å². The van der Waals surface area contributed by atoms with Crippen LogP contribution in [0.1, 0.15) is 6.42 Å². The van der Waals surface area contributed by atoms with E-state index in [-0.39, 0.29) is 5.69 Å². The van der Waals surface area contributed by atoms with Gasteiger partial charge in [0.1, 0.15) is 0 Å². The maximum Gasteiger partial charge on any atom is 0.342 e. The molecule has 2 rings (SSSR count). The van der Waals surface area contributed by atoms with Crippen LogP contribution in [0, 0.1) is 4.77 Å². The van der Waals surface area contributed by atoms with Crippen molar-refractivity contribution in [2.75, 3.05) is 13.2 Å². The summed E-state index contributed by atoms with van der Waals surface area (Å²) in [6.45, 7) is 1.91. The molecule has 0 fully saturated rings. The van der Waals surface area contributed by atoms with E-state index in [9.17, 15) is 4.79 Å². The van der Waals surface area contributed by atoms with Crippen LogP contribution in [0.25, 0.3) is 0 Å². The number of nitrogens with zero attached hydrogens (tertiary/aromatic N) is 1. The minimum Gasteiger partial charge on any atom is -0.377 e. The molecule has 14 heavy (non-hydrogen) atoms. The van der Waals surface area contributed by atoms with Crippen LogP contribution < -0.4 is 5.69 Å². The summed E-state index contributed by atoms with van der Waals surface area (Å²) in [5.41, 5.74) is 1.000. The molecular formula is C8H11N3O2S. The molecule has 0 saturated carbocycles. The highest BCUT2D eigenvalue weighted by molar-refractivity contribution is 7.71. The van der Waals surface area contributed by atoms with E-state index in [0.29, 0.717) is 17.9 Å². The van der Waals surface area contributed by atoms with Gasteiger partial charge in [-0.2, -0.15) is 0 Å². The van der Waals surface area contributed by atoms with Gasteiger partial charge in [0.15, 0.2) is 4.77 Å². The largest absolute Gasteiger partial charge is 0.377 e. The summed E-state index contributed by atoms with van der Waals surface area (Å²) in [5.74, 6) is 0. The molecule has 1 aromatic heterocycles. The molecule has 0 saturated heterocycles. The van der Waals surface area contributed by atoms with Gasteiger partial charge in [-0.15, -0.1) is 0 Å². The summed E-state index contributed by atoms with van der Waals surface area (Å²) in [5, 5.41) is 5.05. The zero-order valence-corrected chi connectivity index (χ0v) is 8.39. The van der Waals surface area contributed by atoms with Crippen LogP contribution in [0.2, 0.25) is 0 Å². The Bertz CT molecular complexity index is 426. The molecule has 1 aliphatic rings. The van der Waals surface area contributed by atoms with E-state index in [1.165, 1.54) is 10.1 Å². The van der Waals surface area contributed by atoms with Crippen molar-refractivity contribution in [2.45, 2.75) is 13.0 Å². The van der Waals surface area contributed by atoms with Crippen LogP contribution >= 0.6 is 12.2 Å². The minimum absolute atomic E-state index is 0.192. The van der Waals surface area contributed by atoms with Crippen molar-refractivity contribution in [1.29, 1.82) is 0 Å². The lowest BCUT2D eigenvalue weighted by Crippen LogP contribution is -2.20. The highest BCUT2D eigenvalue weighted by atomic mass is 32.1. The molecule has 0 atom stereocenters. The zero-order valence-electron chi connectivity index (χ0n) is 7.58. The Hall–Kier alpha value is -1.14. The summed E-state index contributed by atoms with van der Waals surface area (Å²) in [6, 6.07) is 0. The van der Waals surface area contributed by atoms with Gasteiger partial charge in [-0.25, -0.2) is 9.89 Å². The molecule has 0 aromatic carbocycles. The maximum atomic E-state index is 11.3. The van der Waals surface area contributed by atoms with E-state index in [2.05, 4.69) is 10.2 Å². The Morgan fingerprint density at radius 1 is 1.57 bits per heavy atom. The molecule has 76 valence electrons. The number of hydrogen-bond acceptors (Lipinski definition) is 3. The molecule has 0 radical (unpaired) electrons. The predicted molar refractivity (Wildman–Crippen MR) is 53.8 cm³/mol. The van der Waals surface area contributed by atoms with Gasteiger partial charge in [0.2, 0.25) is 0 Å². The third kappa shape index (κ3) is 1.85. The van der Waals surface area contributed by atoms with Gasteiger partial charge in [-0.3, -0.25) is 9.67 Å². The molecule has 5 nitrogen and oxygen atoms in total. The first kappa shape index (κ1) is 9.42. The molecule has 1 aromatic rings. The smallest absolute Gasteiger partial charge is 0.342 e. The average molecular weight is 213 g/mol. The van der Waals surface area contributed by atoms with E-state index in [1.54, 1.807) is 0 Å². The standard InChI is InChI=1S/C8H11N3O2S/c12-7-9-10-8(14)11(7)5-6-1-3-13-4-2-6/h1H,2-5H2,(H,9,12)(H,10,14). The van der Waals surface area contributed by atoms with Crippen LogP contribution in [0.4, 0.5) is 0 Å². The molecule has 0 aliphatic carbocycles. The number of hydrogen-bond donors (Lipinski definition) is 2. The Morgan fingerprint density at radius 2 is 2.43 bits per heavy atom. The summed E-state index contributed by atoms with van der Waals surface area (Å²) >= 11 is 4.96. The average Bonchev–Trinajstić information content (AvgIpc) is 2.51. The normalized spacial score (nSPS) is 16.7. The second kappa shape index (κ2) is 3.93. The van der Waals surface area contributed by atoms with Crippen LogP contribution in [-0.2, 0) is 11.3 Å². The lowest BCUT2D eigenvalue weighted by atomic mass is 10.1. The number of nitrogens with one attached hydrogen (secondary N) is 2. The van der Waals surface area contributed by atoms with Gasteiger partial charge in [0.25, 0.3) is 0 Å². The van der Waals surface area contributed by atoms with E-state index in [1.807, 2.05) is 6.08 Å². The first-order valence-electron chi connectivity index (χ1n) is 4.40. The molecule has 0 amide bonds. The lowest BCUT2D eigenvalue weighted by molar-refractivity contribution is 0.153. The van der Waals surface area contributed by atoms with Crippen LogP contribution in [0.5, 0.6) is 0 Å². The Morgan fingerprint density at radius 3 is 3.00 bits per heavy atom. The molecule has 2 N–H and O–H groups in total. The second-order valence-electron chi connectivity index (χ2n) is 3.13. The van der Waals surface area contributed by atoms with Crippen LogP contribution in [0.3, 0.4) is 0 Å². The first-order chi connectivity index (χ1) is 6.77. The Labute approximate surface area is 85.4 Å².